The van der Waals surface area contributed by atoms with Crippen molar-refractivity contribution >= 4 is 68.4 Å². The fourth-order valence-electron chi connectivity index (χ4n) is 10.1. The summed E-state index contributed by atoms with van der Waals surface area (Å²) < 4.78 is 86.4. The molecule has 3 saturated heterocycles. The van der Waals surface area contributed by atoms with Gasteiger partial charge in [-0.15, -0.1) is 0 Å². The van der Waals surface area contributed by atoms with Gasteiger partial charge < -0.3 is 29.7 Å². The molecule has 338 valence electrons. The van der Waals surface area contributed by atoms with Gasteiger partial charge in [-0.05, 0) is 87.7 Å². The van der Waals surface area contributed by atoms with Crippen molar-refractivity contribution in [1.82, 2.24) is 34.5 Å². The molecule has 0 radical (unpaired) electrons. The number of hydrogen-bond acceptors (Lipinski definition) is 11. The summed E-state index contributed by atoms with van der Waals surface area (Å²) in [5.41, 5.74) is 1.04. The highest BCUT2D eigenvalue weighted by Crippen LogP contribution is 2.46. The second kappa shape index (κ2) is 16.2. The minimum absolute atomic E-state index is 0.0127. The van der Waals surface area contributed by atoms with E-state index in [2.05, 4.69) is 35.9 Å². The van der Waals surface area contributed by atoms with Gasteiger partial charge in [-0.1, -0.05) is 11.6 Å². The number of likely N-dealkylation sites (tertiary alicyclic amines) is 1. The van der Waals surface area contributed by atoms with E-state index in [0.717, 1.165) is 0 Å². The number of imide groups is 1. The second-order valence-electron chi connectivity index (χ2n) is 17.9. The smallest absolute Gasteiger partial charge is 0.301 e. The van der Waals surface area contributed by atoms with Crippen LogP contribution in [0.1, 0.15) is 68.0 Å². The lowest BCUT2D eigenvalue weighted by Crippen LogP contribution is -2.47. The van der Waals surface area contributed by atoms with E-state index >= 15 is 22.0 Å². The molecule has 2 amide bonds. The Labute approximate surface area is 368 Å². The van der Waals surface area contributed by atoms with Crippen LogP contribution in [0.25, 0.3) is 21.8 Å². The van der Waals surface area contributed by atoms with Gasteiger partial charge in [-0.25, -0.2) is 26.9 Å². The Balaban J connectivity index is 0.791. The Morgan fingerprint density at radius 1 is 1.00 bits per heavy atom. The van der Waals surface area contributed by atoms with E-state index in [1.807, 2.05) is 0 Å². The third-order valence-electron chi connectivity index (χ3n) is 13.7. The summed E-state index contributed by atoms with van der Waals surface area (Å²) in [4.78, 5) is 50.5. The van der Waals surface area contributed by atoms with Crippen molar-refractivity contribution in [3.05, 3.63) is 68.7 Å². The first-order valence-corrected chi connectivity index (χ1v) is 22.1. The number of nitrogens with one attached hydrogen (secondary N) is 3. The minimum atomic E-state index is -3.18. The number of rotatable bonds is 8. The zero-order chi connectivity index (χ0) is 44.8. The third kappa shape index (κ3) is 7.56. The largest absolute Gasteiger partial charge is 0.480 e. The Morgan fingerprint density at radius 3 is 2.52 bits per heavy atom. The van der Waals surface area contributed by atoms with Crippen molar-refractivity contribution in [1.29, 1.82) is 0 Å². The van der Waals surface area contributed by atoms with Gasteiger partial charge in [0.1, 0.15) is 22.5 Å². The lowest BCUT2D eigenvalue weighted by Gasteiger charge is -2.39. The average Bonchev–Trinajstić information content (AvgIpc) is 4.06. The molecule has 4 aliphatic heterocycles. The number of aryl methyl sites for hydroxylation is 2. The van der Waals surface area contributed by atoms with E-state index in [0.29, 0.717) is 74.9 Å². The summed E-state index contributed by atoms with van der Waals surface area (Å²) in [6.45, 7) is 1.14. The number of amides is 2. The normalized spacial score (nSPS) is 24.3. The number of benzene rings is 2. The number of halogens is 6. The Morgan fingerprint density at radius 2 is 1.78 bits per heavy atom. The first-order chi connectivity index (χ1) is 30.6. The molecule has 4 fully saturated rings. The van der Waals surface area contributed by atoms with Gasteiger partial charge >= 0.3 is 5.92 Å². The standard InChI is InChI=1S/C44H46ClF5N10O4/c1-57-31-7-5-24(15-26(31)36-38(42(57)63)64-20-44(49,50)39(54-36)22-3-4-22)52-40-28(45)17-51-43(55-40)60-14-11-23(30(47)19-60)18-59-12-9-21(10-13-59)33-29(46)16-27-35(56-58(2)37(27)34(33)48)25-6-8-32(61)53-41(25)62/h5,7,15-17,21-23,25,30,39,54H,3-4,6,8-14,18-20H2,1-2H3,(H,51,52,55)(H,53,61,62)/t23-,25?,30-,39+/m1/s1. The molecule has 4 atom stereocenters. The van der Waals surface area contributed by atoms with Crippen molar-refractivity contribution in [3.63, 3.8) is 0 Å². The number of ether oxygens (including phenoxy) is 1. The third-order valence-corrected chi connectivity index (χ3v) is 14.0. The highest BCUT2D eigenvalue weighted by Gasteiger charge is 2.51. The van der Waals surface area contributed by atoms with Gasteiger partial charge in [-0.2, -0.15) is 10.1 Å². The molecule has 7 heterocycles. The quantitative estimate of drug-likeness (QED) is 0.113. The lowest BCUT2D eigenvalue weighted by atomic mass is 9.86. The van der Waals surface area contributed by atoms with Crippen LogP contribution in [-0.4, -0.2) is 98.5 Å². The van der Waals surface area contributed by atoms with E-state index in [1.165, 1.54) is 21.5 Å². The van der Waals surface area contributed by atoms with Crippen LogP contribution >= 0.6 is 11.6 Å². The Bertz CT molecular complexity index is 2780. The maximum absolute atomic E-state index is 16.2. The Kier molecular flexibility index (Phi) is 10.7. The number of nitrogens with zero attached hydrogens (tertiary/aromatic N) is 7. The number of carbonyl (C=O) groups excluding carboxylic acids is 2. The summed E-state index contributed by atoms with van der Waals surface area (Å²) in [6.07, 6.45) is 3.31. The molecule has 3 aromatic heterocycles. The topological polar surface area (TPSA) is 152 Å². The number of piperidine rings is 3. The minimum Gasteiger partial charge on any atom is -0.480 e. The summed E-state index contributed by atoms with van der Waals surface area (Å²) in [5.74, 6) is -6.86. The van der Waals surface area contributed by atoms with Crippen LogP contribution in [0, 0.1) is 23.5 Å². The highest BCUT2D eigenvalue weighted by molar-refractivity contribution is 6.33. The van der Waals surface area contributed by atoms with Crippen molar-refractivity contribution in [2.24, 2.45) is 25.9 Å². The summed E-state index contributed by atoms with van der Waals surface area (Å²) in [6, 6.07) is 5.21. The number of anilines is 4. The van der Waals surface area contributed by atoms with Crippen molar-refractivity contribution < 1.29 is 36.3 Å². The van der Waals surface area contributed by atoms with Crippen molar-refractivity contribution in [2.75, 3.05) is 54.9 Å². The molecule has 3 N–H and O–H groups in total. The van der Waals surface area contributed by atoms with Gasteiger partial charge in [0.05, 0.1) is 41.6 Å². The van der Waals surface area contributed by atoms with Gasteiger partial charge in [-0.3, -0.25) is 24.4 Å². The molecule has 0 spiro atoms. The number of hydrogen-bond donors (Lipinski definition) is 3. The van der Waals surface area contributed by atoms with Crippen LogP contribution < -0.4 is 31.1 Å². The molecule has 14 nitrogen and oxygen atoms in total. The summed E-state index contributed by atoms with van der Waals surface area (Å²) in [5, 5.41) is 13.8. The molecule has 1 aliphatic carbocycles. The molecule has 10 rings (SSSR count). The zero-order valence-electron chi connectivity index (χ0n) is 35.1. The molecule has 5 aromatic rings. The molecule has 5 aliphatic rings. The molecular weight excluding hydrogens is 863 g/mol. The SMILES string of the molecule is Cn1nc(C2CCC(=O)NC2=O)c2cc(F)c(C3CCN(C[C@H]4CCN(c5ncc(Cl)c(Nc6ccc7c(c6)c6c(c(=O)n7C)OCC(F)(F)[C@H](C7CC7)N6)n5)C[C@H]4F)CC3)c(F)c21. The number of alkyl halides is 3. The van der Waals surface area contributed by atoms with E-state index in [-0.39, 0.29) is 87.5 Å². The van der Waals surface area contributed by atoms with Gasteiger partial charge in [0.15, 0.2) is 18.2 Å². The molecule has 1 saturated carbocycles. The lowest BCUT2D eigenvalue weighted by molar-refractivity contribution is -0.134. The number of aromatic nitrogens is 5. The van der Waals surface area contributed by atoms with Crippen molar-refractivity contribution in [2.45, 2.75) is 74.9 Å². The fourth-order valence-corrected chi connectivity index (χ4v) is 10.2. The molecule has 2 aromatic carbocycles. The second-order valence-corrected chi connectivity index (χ2v) is 18.3. The van der Waals surface area contributed by atoms with E-state index in [4.69, 9.17) is 16.3 Å². The van der Waals surface area contributed by atoms with Gasteiger partial charge in [0.25, 0.3) is 5.56 Å². The number of pyridine rings is 1. The maximum Gasteiger partial charge on any atom is 0.301 e. The van der Waals surface area contributed by atoms with Crippen LogP contribution in [0.2, 0.25) is 5.02 Å². The number of carbonyl (C=O) groups is 2. The van der Waals surface area contributed by atoms with Crippen LogP contribution in [0.3, 0.4) is 0 Å². The predicted octanol–water partition coefficient (Wildman–Crippen LogP) is 6.67. The highest BCUT2D eigenvalue weighted by atomic mass is 35.5. The first-order valence-electron chi connectivity index (χ1n) is 21.7. The predicted molar refractivity (Wildman–Crippen MR) is 229 cm³/mol. The van der Waals surface area contributed by atoms with Crippen LogP contribution in [0.5, 0.6) is 5.75 Å². The average molecular weight is 909 g/mol. The maximum atomic E-state index is 16.2. The molecule has 0 bridgehead atoms. The monoisotopic (exact) mass is 908 g/mol. The van der Waals surface area contributed by atoms with Gasteiger partial charge in [0.2, 0.25) is 23.5 Å². The number of fused-ring (bicyclic) bond motifs is 4. The Hall–Kier alpha value is -5.56. The van der Waals surface area contributed by atoms with Crippen LogP contribution in [0.15, 0.2) is 35.3 Å². The molecular formula is C44H46ClF5N10O4. The van der Waals surface area contributed by atoms with Crippen molar-refractivity contribution in [3.8, 4) is 5.75 Å². The summed E-state index contributed by atoms with van der Waals surface area (Å²) >= 11 is 6.56. The zero-order valence-corrected chi connectivity index (χ0v) is 35.8. The van der Waals surface area contributed by atoms with Gasteiger partial charge in [0, 0.05) is 61.5 Å². The molecule has 20 heteroatoms. The summed E-state index contributed by atoms with van der Waals surface area (Å²) in [7, 11) is 3.11. The van der Waals surface area contributed by atoms with E-state index < -0.39 is 59.7 Å². The fraction of sp³-hybridized carbons (Fsp3) is 0.500. The molecule has 64 heavy (non-hydrogen) atoms. The van der Waals surface area contributed by atoms with E-state index in [9.17, 15) is 14.4 Å². The van der Waals surface area contributed by atoms with Crippen LogP contribution in [0.4, 0.5) is 45.1 Å². The van der Waals surface area contributed by atoms with E-state index in [1.54, 1.807) is 37.2 Å². The first kappa shape index (κ1) is 42.4. The molecule has 1 unspecified atom stereocenters. The van der Waals surface area contributed by atoms with Crippen LogP contribution in [-0.2, 0) is 23.7 Å².